The van der Waals surface area contributed by atoms with E-state index in [0.29, 0.717) is 5.92 Å². The van der Waals surface area contributed by atoms with E-state index >= 15 is 0 Å². The van der Waals surface area contributed by atoms with E-state index in [-0.39, 0.29) is 0 Å². The molecule has 0 saturated carbocycles. The molecule has 2 N–H and O–H groups in total. The zero-order valence-corrected chi connectivity index (χ0v) is 7.09. The van der Waals surface area contributed by atoms with Gasteiger partial charge in [-0.3, -0.25) is 0 Å². The highest BCUT2D eigenvalue weighted by Crippen LogP contribution is 2.21. The molecule has 0 aliphatic heterocycles. The predicted molar refractivity (Wildman–Crippen MR) is 49.4 cm³/mol. The quantitative estimate of drug-likeness (QED) is 0.608. The molecule has 0 atom stereocenters. The first-order valence-corrected chi connectivity index (χ1v) is 3.82. The molecule has 0 spiro atoms. The van der Waals surface area contributed by atoms with Crippen LogP contribution in [0.5, 0.6) is 0 Å². The number of nitrogen functional groups attached to an aromatic ring is 1. The number of anilines is 1. The van der Waals surface area contributed by atoms with E-state index in [9.17, 15) is 0 Å². The zero-order valence-electron chi connectivity index (χ0n) is 7.09. The Balaban J connectivity index is 3.09. The molecule has 0 bridgehead atoms. The minimum atomic E-state index is 0.496. The lowest BCUT2D eigenvalue weighted by atomic mass is 10.00. The lowest BCUT2D eigenvalue weighted by Crippen LogP contribution is -1.96. The van der Waals surface area contributed by atoms with Gasteiger partial charge in [-0.25, -0.2) is 0 Å². The Morgan fingerprint density at radius 1 is 1.36 bits per heavy atom. The molecular weight excluding hydrogens is 134 g/mol. The van der Waals surface area contributed by atoms with Crippen LogP contribution in [-0.4, -0.2) is 0 Å². The van der Waals surface area contributed by atoms with Gasteiger partial charge in [0, 0.05) is 5.69 Å². The van der Waals surface area contributed by atoms with Gasteiger partial charge in [0.15, 0.2) is 0 Å². The highest BCUT2D eigenvalue weighted by atomic mass is 14.6. The molecule has 0 aliphatic carbocycles. The monoisotopic (exact) mass is 148 g/mol. The maximum Gasteiger partial charge on any atom is 0.0351 e. The molecular formula is C10H14N. The van der Waals surface area contributed by atoms with Gasteiger partial charge in [0.1, 0.15) is 0 Å². The van der Waals surface area contributed by atoms with Crippen LogP contribution >= 0.6 is 0 Å². The summed E-state index contributed by atoms with van der Waals surface area (Å²) in [4.78, 5) is 0. The minimum absolute atomic E-state index is 0.496. The smallest absolute Gasteiger partial charge is 0.0351 e. The Morgan fingerprint density at radius 3 is 2.45 bits per heavy atom. The van der Waals surface area contributed by atoms with Crippen molar-refractivity contribution in [3.8, 4) is 0 Å². The molecule has 0 fully saturated rings. The maximum absolute atomic E-state index is 5.78. The van der Waals surface area contributed by atoms with Crippen molar-refractivity contribution < 1.29 is 0 Å². The fourth-order valence-corrected chi connectivity index (χ4v) is 1.15. The maximum atomic E-state index is 5.78. The molecule has 59 valence electrons. The van der Waals surface area contributed by atoms with Crippen molar-refractivity contribution in [3.63, 3.8) is 0 Å². The zero-order chi connectivity index (χ0) is 8.43. The molecule has 1 nitrogen and oxygen atoms in total. The van der Waals surface area contributed by atoms with Gasteiger partial charge in [0.05, 0.1) is 0 Å². The van der Waals surface area contributed by atoms with Gasteiger partial charge >= 0.3 is 0 Å². The van der Waals surface area contributed by atoms with Gasteiger partial charge in [-0.2, -0.15) is 0 Å². The van der Waals surface area contributed by atoms with Gasteiger partial charge in [0.25, 0.3) is 0 Å². The summed E-state index contributed by atoms with van der Waals surface area (Å²) in [5.41, 5.74) is 8.82. The van der Waals surface area contributed by atoms with Crippen LogP contribution in [0.3, 0.4) is 0 Å². The fraction of sp³-hybridized carbons (Fsp3) is 0.300. The van der Waals surface area contributed by atoms with Gasteiger partial charge < -0.3 is 5.73 Å². The van der Waals surface area contributed by atoms with Crippen LogP contribution in [0.25, 0.3) is 0 Å². The lowest BCUT2D eigenvalue weighted by molar-refractivity contribution is 0.870. The standard InChI is InChI=1S/C10H14N/c1-7(2)9-5-4-8(3)6-10(9)11/h4-7H,3,11H2,1-2H3. The molecule has 11 heavy (non-hydrogen) atoms. The summed E-state index contributed by atoms with van der Waals surface area (Å²) in [5.74, 6) is 0.496. The molecule has 0 amide bonds. The van der Waals surface area contributed by atoms with E-state index in [4.69, 9.17) is 5.73 Å². The van der Waals surface area contributed by atoms with Crippen molar-refractivity contribution in [2.24, 2.45) is 0 Å². The second-order valence-electron chi connectivity index (χ2n) is 3.12. The summed E-state index contributed by atoms with van der Waals surface area (Å²) >= 11 is 0. The Morgan fingerprint density at radius 2 is 2.00 bits per heavy atom. The third-order valence-corrected chi connectivity index (χ3v) is 1.77. The molecule has 0 aliphatic rings. The summed E-state index contributed by atoms with van der Waals surface area (Å²) in [6.45, 7) is 8.07. The molecule has 0 unspecified atom stereocenters. The lowest BCUT2D eigenvalue weighted by Gasteiger charge is -2.08. The van der Waals surface area contributed by atoms with Crippen LogP contribution in [0, 0.1) is 6.92 Å². The van der Waals surface area contributed by atoms with Crippen LogP contribution in [0.2, 0.25) is 0 Å². The topological polar surface area (TPSA) is 26.0 Å². The summed E-state index contributed by atoms with van der Waals surface area (Å²) < 4.78 is 0. The van der Waals surface area contributed by atoms with E-state index in [1.807, 2.05) is 18.2 Å². The first-order chi connectivity index (χ1) is 5.11. The van der Waals surface area contributed by atoms with E-state index in [0.717, 1.165) is 11.3 Å². The number of rotatable bonds is 1. The van der Waals surface area contributed by atoms with Crippen LogP contribution in [-0.2, 0) is 0 Å². The Bertz CT molecular complexity index is 251. The van der Waals surface area contributed by atoms with Crippen LogP contribution in [0.15, 0.2) is 18.2 Å². The summed E-state index contributed by atoms with van der Waals surface area (Å²) in [5, 5.41) is 0. The second-order valence-corrected chi connectivity index (χ2v) is 3.12. The average Bonchev–Trinajstić information content (AvgIpc) is 1.85. The second kappa shape index (κ2) is 2.95. The highest BCUT2D eigenvalue weighted by Gasteiger charge is 2.02. The number of hydrogen-bond acceptors (Lipinski definition) is 1. The molecule has 1 heteroatoms. The number of benzene rings is 1. The molecule has 1 aromatic rings. The Labute approximate surface area is 68.2 Å². The van der Waals surface area contributed by atoms with Crippen molar-refractivity contribution in [2.45, 2.75) is 19.8 Å². The third-order valence-electron chi connectivity index (χ3n) is 1.77. The molecule has 1 rings (SSSR count). The van der Waals surface area contributed by atoms with Gasteiger partial charge in [-0.05, 0) is 30.0 Å². The third kappa shape index (κ3) is 1.73. The van der Waals surface area contributed by atoms with Gasteiger partial charge in [-0.1, -0.05) is 26.0 Å². The normalized spacial score (nSPS) is 10.5. The SMILES string of the molecule is [CH2]c1ccc(C(C)C)c(N)c1. The molecule has 0 aromatic heterocycles. The van der Waals surface area contributed by atoms with Gasteiger partial charge in [0.2, 0.25) is 0 Å². The Hall–Kier alpha value is -0.980. The highest BCUT2D eigenvalue weighted by molar-refractivity contribution is 5.51. The number of nitrogens with two attached hydrogens (primary N) is 1. The summed E-state index contributed by atoms with van der Waals surface area (Å²) in [7, 11) is 0. The van der Waals surface area contributed by atoms with E-state index < -0.39 is 0 Å². The summed E-state index contributed by atoms with van der Waals surface area (Å²) in [6, 6.07) is 5.95. The largest absolute Gasteiger partial charge is 0.398 e. The van der Waals surface area contributed by atoms with Crippen LogP contribution in [0.1, 0.15) is 30.9 Å². The molecule has 0 heterocycles. The van der Waals surface area contributed by atoms with E-state index in [1.165, 1.54) is 5.56 Å². The van der Waals surface area contributed by atoms with Crippen molar-refractivity contribution in [3.05, 3.63) is 36.2 Å². The van der Waals surface area contributed by atoms with Crippen molar-refractivity contribution in [2.75, 3.05) is 5.73 Å². The molecule has 1 aromatic carbocycles. The van der Waals surface area contributed by atoms with E-state index in [2.05, 4.69) is 20.8 Å². The molecule has 1 radical (unpaired) electrons. The fourth-order valence-electron chi connectivity index (χ4n) is 1.15. The Kier molecular flexibility index (Phi) is 2.18. The summed E-state index contributed by atoms with van der Waals surface area (Å²) in [6.07, 6.45) is 0. The molecule has 0 saturated heterocycles. The first-order valence-electron chi connectivity index (χ1n) is 3.82. The minimum Gasteiger partial charge on any atom is -0.398 e. The first kappa shape index (κ1) is 8.12. The van der Waals surface area contributed by atoms with Crippen LogP contribution in [0.4, 0.5) is 5.69 Å². The predicted octanol–water partition coefficient (Wildman–Crippen LogP) is 2.57. The van der Waals surface area contributed by atoms with Crippen molar-refractivity contribution in [1.82, 2.24) is 0 Å². The van der Waals surface area contributed by atoms with E-state index in [1.54, 1.807) is 0 Å². The average molecular weight is 148 g/mol. The van der Waals surface area contributed by atoms with Crippen molar-refractivity contribution in [1.29, 1.82) is 0 Å². The van der Waals surface area contributed by atoms with Gasteiger partial charge in [-0.15, -0.1) is 0 Å². The van der Waals surface area contributed by atoms with Crippen LogP contribution < -0.4 is 5.73 Å². The van der Waals surface area contributed by atoms with Crippen molar-refractivity contribution >= 4 is 5.69 Å². The number of hydrogen-bond donors (Lipinski definition) is 1.